The lowest BCUT2D eigenvalue weighted by Gasteiger charge is -2.44. The van der Waals surface area contributed by atoms with Crippen molar-refractivity contribution < 1.29 is 9.13 Å². The summed E-state index contributed by atoms with van der Waals surface area (Å²) in [4.78, 5) is 4.34. The number of hydrogen-bond acceptors (Lipinski definition) is 3. The molecule has 1 fully saturated rings. The maximum Gasteiger partial charge on any atom is 0.121 e. The van der Waals surface area contributed by atoms with Crippen LogP contribution in [0.25, 0.3) is 10.9 Å². The Morgan fingerprint density at radius 1 is 1.36 bits per heavy atom. The van der Waals surface area contributed by atoms with E-state index in [2.05, 4.69) is 23.5 Å². The summed E-state index contributed by atoms with van der Waals surface area (Å²) in [6, 6.07) is 9.78. The molecule has 2 aromatic rings. The van der Waals surface area contributed by atoms with Crippen molar-refractivity contribution >= 4 is 16.6 Å². The Morgan fingerprint density at radius 3 is 2.82 bits per heavy atom. The third-order valence-corrected chi connectivity index (χ3v) is 3.78. The Labute approximate surface area is 128 Å². The lowest BCUT2D eigenvalue weighted by molar-refractivity contribution is -0.0227. The highest BCUT2D eigenvalue weighted by molar-refractivity contribution is 5.82. The third-order valence-electron chi connectivity index (χ3n) is 3.78. The summed E-state index contributed by atoms with van der Waals surface area (Å²) in [7, 11) is 0. The number of pyridine rings is 1. The topological polar surface area (TPSA) is 34.2 Å². The molecule has 0 amide bonds. The fourth-order valence-electron chi connectivity index (χ4n) is 2.65. The SMILES string of the molecule is C=C/C=C(\C(=C)F)C1(Nc2ccc3cccnc3c2)COC1. The molecule has 0 spiro atoms. The molecule has 22 heavy (non-hydrogen) atoms. The van der Waals surface area contributed by atoms with E-state index in [-0.39, 0.29) is 0 Å². The van der Waals surface area contributed by atoms with Gasteiger partial charge in [0.15, 0.2) is 0 Å². The number of allylic oxidation sites excluding steroid dienone is 2. The van der Waals surface area contributed by atoms with E-state index < -0.39 is 11.4 Å². The van der Waals surface area contributed by atoms with Crippen molar-refractivity contribution in [2.24, 2.45) is 0 Å². The molecule has 0 radical (unpaired) electrons. The second-order valence-electron chi connectivity index (χ2n) is 5.33. The first-order chi connectivity index (χ1) is 10.6. The van der Waals surface area contributed by atoms with Crippen molar-refractivity contribution in [2.45, 2.75) is 5.54 Å². The summed E-state index contributed by atoms with van der Waals surface area (Å²) in [5.74, 6) is -0.477. The number of aromatic nitrogens is 1. The number of benzene rings is 1. The molecular formula is C18H17FN2O. The maximum atomic E-state index is 13.8. The van der Waals surface area contributed by atoms with Gasteiger partial charge in [-0.25, -0.2) is 4.39 Å². The summed E-state index contributed by atoms with van der Waals surface area (Å²) in [5.41, 5.74) is 1.61. The van der Waals surface area contributed by atoms with Crippen molar-refractivity contribution in [1.29, 1.82) is 0 Å². The summed E-state index contributed by atoms with van der Waals surface area (Å²) in [6.07, 6.45) is 4.95. The highest BCUT2D eigenvalue weighted by atomic mass is 19.1. The molecule has 0 aliphatic carbocycles. The van der Waals surface area contributed by atoms with Crippen LogP contribution in [0.2, 0.25) is 0 Å². The van der Waals surface area contributed by atoms with E-state index >= 15 is 0 Å². The number of rotatable bonds is 5. The Hall–Kier alpha value is -2.46. The number of nitrogens with one attached hydrogen (secondary N) is 1. The summed E-state index contributed by atoms with van der Waals surface area (Å²) in [6.45, 7) is 7.83. The van der Waals surface area contributed by atoms with Gasteiger partial charge in [0.2, 0.25) is 0 Å². The molecule has 1 N–H and O–H groups in total. The van der Waals surface area contributed by atoms with E-state index in [9.17, 15) is 4.39 Å². The second kappa shape index (κ2) is 5.73. The Balaban J connectivity index is 1.95. The van der Waals surface area contributed by atoms with E-state index in [4.69, 9.17) is 4.74 Å². The fraction of sp³-hybridized carbons (Fsp3) is 0.167. The molecule has 0 atom stereocenters. The molecule has 1 aromatic carbocycles. The van der Waals surface area contributed by atoms with Gasteiger partial charge in [-0.15, -0.1) is 0 Å². The summed E-state index contributed by atoms with van der Waals surface area (Å²) in [5, 5.41) is 4.43. The van der Waals surface area contributed by atoms with E-state index in [0.717, 1.165) is 16.6 Å². The standard InChI is InChI=1S/C18H17FN2O/c1-3-5-16(13(2)19)18(11-22-12-18)21-15-8-7-14-6-4-9-20-17(14)10-15/h3-10,21H,1-2,11-12H2/b16-5+. The average Bonchev–Trinajstić information content (AvgIpc) is 2.48. The smallest absolute Gasteiger partial charge is 0.121 e. The molecule has 1 aromatic heterocycles. The van der Waals surface area contributed by atoms with Crippen LogP contribution in [0.5, 0.6) is 0 Å². The van der Waals surface area contributed by atoms with Gasteiger partial charge in [-0.1, -0.05) is 37.4 Å². The summed E-state index contributed by atoms with van der Waals surface area (Å²) < 4.78 is 19.1. The molecule has 3 nitrogen and oxygen atoms in total. The zero-order valence-electron chi connectivity index (χ0n) is 12.2. The largest absolute Gasteiger partial charge is 0.376 e. The van der Waals surface area contributed by atoms with Gasteiger partial charge in [0.05, 0.1) is 18.7 Å². The molecule has 4 heteroatoms. The quantitative estimate of drug-likeness (QED) is 0.846. The fourth-order valence-corrected chi connectivity index (χ4v) is 2.65. The monoisotopic (exact) mass is 296 g/mol. The first kappa shape index (κ1) is 14.5. The molecule has 112 valence electrons. The maximum absolute atomic E-state index is 13.8. The van der Waals surface area contributed by atoms with E-state index in [0.29, 0.717) is 18.8 Å². The zero-order chi connectivity index (χ0) is 15.6. The second-order valence-corrected chi connectivity index (χ2v) is 5.33. The lowest BCUT2D eigenvalue weighted by Crippen LogP contribution is -2.57. The van der Waals surface area contributed by atoms with Crippen LogP contribution in [0.3, 0.4) is 0 Å². The van der Waals surface area contributed by atoms with E-state index in [1.165, 1.54) is 0 Å². The van der Waals surface area contributed by atoms with Gasteiger partial charge in [0.25, 0.3) is 0 Å². The lowest BCUT2D eigenvalue weighted by atomic mass is 9.86. The van der Waals surface area contributed by atoms with Crippen LogP contribution in [0.4, 0.5) is 10.1 Å². The number of nitrogens with zero attached hydrogens (tertiary/aromatic N) is 1. The van der Waals surface area contributed by atoms with Gasteiger partial charge >= 0.3 is 0 Å². The predicted octanol–water partition coefficient (Wildman–Crippen LogP) is 4.01. The molecular weight excluding hydrogens is 279 g/mol. The molecule has 0 bridgehead atoms. The number of anilines is 1. The minimum atomic E-state index is -0.609. The minimum Gasteiger partial charge on any atom is -0.376 e. The first-order valence-electron chi connectivity index (χ1n) is 7.03. The van der Waals surface area contributed by atoms with Crippen LogP contribution in [0.1, 0.15) is 0 Å². The summed E-state index contributed by atoms with van der Waals surface area (Å²) >= 11 is 0. The van der Waals surface area contributed by atoms with Crippen LogP contribution < -0.4 is 5.32 Å². The molecule has 1 aliphatic rings. The van der Waals surface area contributed by atoms with Crippen LogP contribution in [-0.2, 0) is 4.74 Å². The van der Waals surface area contributed by atoms with Gasteiger partial charge in [0.1, 0.15) is 11.4 Å². The number of ether oxygens (including phenoxy) is 1. The Bertz CT molecular complexity index is 763. The van der Waals surface area contributed by atoms with Crippen molar-refractivity contribution in [3.05, 3.63) is 73.2 Å². The van der Waals surface area contributed by atoms with Gasteiger partial charge in [0, 0.05) is 22.8 Å². The number of hydrogen-bond donors (Lipinski definition) is 1. The normalized spacial score (nSPS) is 16.9. The molecule has 0 saturated carbocycles. The van der Waals surface area contributed by atoms with Crippen molar-refractivity contribution in [1.82, 2.24) is 4.98 Å². The average molecular weight is 296 g/mol. The van der Waals surface area contributed by atoms with E-state index in [1.54, 1.807) is 18.3 Å². The van der Waals surface area contributed by atoms with Crippen LogP contribution >= 0.6 is 0 Å². The van der Waals surface area contributed by atoms with Gasteiger partial charge in [-0.3, -0.25) is 4.98 Å². The molecule has 3 rings (SSSR count). The van der Waals surface area contributed by atoms with Crippen LogP contribution in [0, 0.1) is 0 Å². The zero-order valence-corrected chi connectivity index (χ0v) is 12.2. The molecule has 0 unspecified atom stereocenters. The van der Waals surface area contributed by atoms with E-state index in [1.807, 2.05) is 30.3 Å². The first-order valence-corrected chi connectivity index (χ1v) is 7.03. The third kappa shape index (κ3) is 2.53. The minimum absolute atomic E-state index is 0.385. The molecule has 1 aliphatic heterocycles. The van der Waals surface area contributed by atoms with Gasteiger partial charge in [-0.05, 0) is 18.2 Å². The Kier molecular flexibility index (Phi) is 3.77. The van der Waals surface area contributed by atoms with Crippen LogP contribution in [0.15, 0.2) is 73.2 Å². The highest BCUT2D eigenvalue weighted by Gasteiger charge is 2.43. The van der Waals surface area contributed by atoms with Crippen molar-refractivity contribution in [2.75, 3.05) is 18.5 Å². The van der Waals surface area contributed by atoms with Crippen molar-refractivity contribution in [3.8, 4) is 0 Å². The van der Waals surface area contributed by atoms with Gasteiger partial charge < -0.3 is 10.1 Å². The number of fused-ring (bicyclic) bond motifs is 1. The number of halogens is 1. The van der Waals surface area contributed by atoms with Crippen molar-refractivity contribution in [3.63, 3.8) is 0 Å². The van der Waals surface area contributed by atoms with Gasteiger partial charge in [-0.2, -0.15) is 0 Å². The molecule has 2 heterocycles. The molecule has 1 saturated heterocycles. The highest BCUT2D eigenvalue weighted by Crippen LogP contribution is 2.35. The van der Waals surface area contributed by atoms with Crippen LogP contribution in [-0.4, -0.2) is 23.7 Å². The predicted molar refractivity (Wildman–Crippen MR) is 87.4 cm³/mol. The Morgan fingerprint density at radius 2 is 2.18 bits per heavy atom.